The lowest BCUT2D eigenvalue weighted by Gasteiger charge is -2.19. The number of likely N-dealkylation sites (tertiary alicyclic amines) is 1. The van der Waals surface area contributed by atoms with Gasteiger partial charge in [-0.2, -0.15) is 0 Å². The van der Waals surface area contributed by atoms with Crippen LogP contribution in [0.3, 0.4) is 0 Å². The Kier molecular flexibility index (Phi) is 3.83. The number of methoxy groups -OCH3 is 1. The molecule has 0 saturated carbocycles. The molecular formula is C12H17NO2S. The first-order valence-corrected chi connectivity index (χ1v) is 6.61. The Hall–Kier alpha value is -1.03. The highest BCUT2D eigenvalue weighted by Gasteiger charge is 2.18. The Bertz CT molecular complexity index is 354. The average Bonchev–Trinajstić information content (AvgIpc) is 2.62. The van der Waals surface area contributed by atoms with Crippen molar-refractivity contribution in [2.75, 3.05) is 20.2 Å². The van der Waals surface area contributed by atoms with Gasteiger partial charge in [0.05, 0.1) is 12.0 Å². The number of nitrogens with zero attached hydrogens (tertiary/aromatic N) is 1. The molecule has 0 radical (unpaired) electrons. The molecule has 0 N–H and O–H groups in total. The summed E-state index contributed by atoms with van der Waals surface area (Å²) in [5, 5.41) is 1.88. The third-order valence-corrected chi connectivity index (χ3v) is 3.81. The smallest absolute Gasteiger partial charge is 0.264 e. The summed E-state index contributed by atoms with van der Waals surface area (Å²) >= 11 is 1.47. The molecule has 1 amide bonds. The molecule has 0 bridgehead atoms. The summed E-state index contributed by atoms with van der Waals surface area (Å²) in [6.45, 7) is 1.80. The van der Waals surface area contributed by atoms with Gasteiger partial charge in [-0.05, 0) is 12.8 Å². The number of carbonyl (C=O) groups excluding carboxylic acids is 1. The van der Waals surface area contributed by atoms with E-state index in [9.17, 15) is 4.79 Å². The molecule has 2 rings (SSSR count). The van der Waals surface area contributed by atoms with Crippen molar-refractivity contribution in [3.63, 3.8) is 0 Å². The van der Waals surface area contributed by atoms with E-state index in [1.807, 2.05) is 16.3 Å². The van der Waals surface area contributed by atoms with E-state index >= 15 is 0 Å². The molecule has 4 heteroatoms. The normalized spacial score (nSPS) is 16.9. The maximum absolute atomic E-state index is 12.2. The molecular weight excluding hydrogens is 222 g/mol. The van der Waals surface area contributed by atoms with Crippen LogP contribution < -0.4 is 4.74 Å². The number of rotatable bonds is 2. The van der Waals surface area contributed by atoms with Gasteiger partial charge in [0.2, 0.25) is 0 Å². The van der Waals surface area contributed by atoms with Crippen molar-refractivity contribution in [3.05, 3.63) is 16.3 Å². The molecule has 88 valence electrons. The van der Waals surface area contributed by atoms with Crippen LogP contribution in [-0.2, 0) is 0 Å². The molecule has 2 heterocycles. The standard InChI is InChI=1S/C12H17NO2S/c1-15-10-8-11(16-9-10)12(14)13-6-4-2-3-5-7-13/h8-9H,2-7H2,1H3. The molecule has 1 aliphatic heterocycles. The van der Waals surface area contributed by atoms with Crippen LogP contribution in [0.1, 0.15) is 35.4 Å². The zero-order valence-electron chi connectivity index (χ0n) is 9.57. The first-order chi connectivity index (χ1) is 7.81. The topological polar surface area (TPSA) is 29.5 Å². The fourth-order valence-corrected chi connectivity index (χ4v) is 2.79. The number of ether oxygens (including phenoxy) is 1. The van der Waals surface area contributed by atoms with E-state index in [2.05, 4.69) is 0 Å². The number of hydrogen-bond donors (Lipinski definition) is 0. The highest BCUT2D eigenvalue weighted by atomic mass is 32.1. The third kappa shape index (κ3) is 2.55. The maximum Gasteiger partial charge on any atom is 0.264 e. The molecule has 0 spiro atoms. The lowest BCUT2D eigenvalue weighted by atomic mass is 10.2. The third-order valence-electron chi connectivity index (χ3n) is 2.92. The molecule has 16 heavy (non-hydrogen) atoms. The molecule has 1 aromatic heterocycles. The summed E-state index contributed by atoms with van der Waals surface area (Å²) < 4.78 is 5.10. The second kappa shape index (κ2) is 5.34. The highest BCUT2D eigenvalue weighted by Crippen LogP contribution is 2.23. The van der Waals surface area contributed by atoms with Gasteiger partial charge in [0.25, 0.3) is 5.91 Å². The quantitative estimate of drug-likeness (QED) is 0.794. The average molecular weight is 239 g/mol. The Morgan fingerprint density at radius 2 is 2.00 bits per heavy atom. The molecule has 1 fully saturated rings. The van der Waals surface area contributed by atoms with Crippen LogP contribution in [0.25, 0.3) is 0 Å². The van der Waals surface area contributed by atoms with Crippen molar-refractivity contribution in [1.82, 2.24) is 4.90 Å². The van der Waals surface area contributed by atoms with Crippen molar-refractivity contribution < 1.29 is 9.53 Å². The van der Waals surface area contributed by atoms with Gasteiger partial charge in [0, 0.05) is 24.5 Å². The van der Waals surface area contributed by atoms with Crippen molar-refractivity contribution in [3.8, 4) is 5.75 Å². The maximum atomic E-state index is 12.2. The number of amides is 1. The monoisotopic (exact) mass is 239 g/mol. The predicted octanol–water partition coefficient (Wildman–Crippen LogP) is 2.77. The van der Waals surface area contributed by atoms with Gasteiger partial charge in [0.1, 0.15) is 5.75 Å². The molecule has 1 aromatic rings. The largest absolute Gasteiger partial charge is 0.496 e. The van der Waals surface area contributed by atoms with Crippen LogP contribution in [-0.4, -0.2) is 31.0 Å². The SMILES string of the molecule is COc1csc(C(=O)N2CCCCCC2)c1. The summed E-state index contributed by atoms with van der Waals surface area (Å²) in [6.07, 6.45) is 4.76. The Morgan fingerprint density at radius 3 is 2.56 bits per heavy atom. The molecule has 3 nitrogen and oxygen atoms in total. The minimum atomic E-state index is 0.162. The summed E-state index contributed by atoms with van der Waals surface area (Å²) in [4.78, 5) is 14.9. The number of thiophene rings is 1. The second-order valence-electron chi connectivity index (χ2n) is 4.06. The van der Waals surface area contributed by atoms with Crippen molar-refractivity contribution >= 4 is 17.2 Å². The lowest BCUT2D eigenvalue weighted by molar-refractivity contribution is 0.0766. The zero-order valence-corrected chi connectivity index (χ0v) is 10.4. The van der Waals surface area contributed by atoms with E-state index < -0.39 is 0 Å². The summed E-state index contributed by atoms with van der Waals surface area (Å²) in [7, 11) is 1.63. The fraction of sp³-hybridized carbons (Fsp3) is 0.583. The van der Waals surface area contributed by atoms with Gasteiger partial charge >= 0.3 is 0 Å². The molecule has 0 unspecified atom stereocenters. The van der Waals surface area contributed by atoms with E-state index in [4.69, 9.17) is 4.74 Å². The van der Waals surface area contributed by atoms with E-state index in [-0.39, 0.29) is 5.91 Å². The minimum absolute atomic E-state index is 0.162. The van der Waals surface area contributed by atoms with E-state index in [1.54, 1.807) is 7.11 Å². The summed E-state index contributed by atoms with van der Waals surface area (Å²) in [5.41, 5.74) is 0. The lowest BCUT2D eigenvalue weighted by Crippen LogP contribution is -2.31. The Labute approximate surface area is 100 Å². The minimum Gasteiger partial charge on any atom is -0.496 e. The molecule has 0 aromatic carbocycles. The van der Waals surface area contributed by atoms with Crippen molar-refractivity contribution in [2.24, 2.45) is 0 Å². The van der Waals surface area contributed by atoms with E-state index in [1.165, 1.54) is 24.2 Å². The van der Waals surface area contributed by atoms with Crippen LogP contribution in [0.5, 0.6) is 5.75 Å². The van der Waals surface area contributed by atoms with E-state index in [0.29, 0.717) is 0 Å². The van der Waals surface area contributed by atoms with Gasteiger partial charge in [-0.25, -0.2) is 0 Å². The fourth-order valence-electron chi connectivity index (χ4n) is 1.97. The van der Waals surface area contributed by atoms with E-state index in [0.717, 1.165) is 36.6 Å². The molecule has 1 aliphatic rings. The van der Waals surface area contributed by atoms with Gasteiger partial charge in [-0.15, -0.1) is 11.3 Å². The van der Waals surface area contributed by atoms with Crippen LogP contribution in [0.2, 0.25) is 0 Å². The zero-order chi connectivity index (χ0) is 11.4. The highest BCUT2D eigenvalue weighted by molar-refractivity contribution is 7.12. The summed E-state index contributed by atoms with van der Waals surface area (Å²) in [6, 6.07) is 1.83. The molecule has 0 aliphatic carbocycles. The number of carbonyl (C=O) groups is 1. The molecule has 1 saturated heterocycles. The first kappa shape index (κ1) is 11.5. The van der Waals surface area contributed by atoms with Gasteiger partial charge < -0.3 is 9.64 Å². The first-order valence-electron chi connectivity index (χ1n) is 5.73. The van der Waals surface area contributed by atoms with Crippen LogP contribution >= 0.6 is 11.3 Å². The van der Waals surface area contributed by atoms with Crippen molar-refractivity contribution in [2.45, 2.75) is 25.7 Å². The van der Waals surface area contributed by atoms with Crippen molar-refractivity contribution in [1.29, 1.82) is 0 Å². The Balaban J connectivity index is 2.05. The van der Waals surface area contributed by atoms with Gasteiger partial charge in [-0.3, -0.25) is 4.79 Å². The Morgan fingerprint density at radius 1 is 1.31 bits per heavy atom. The van der Waals surface area contributed by atoms with Gasteiger partial charge in [-0.1, -0.05) is 12.8 Å². The number of hydrogen-bond acceptors (Lipinski definition) is 3. The predicted molar refractivity (Wildman–Crippen MR) is 65.2 cm³/mol. The van der Waals surface area contributed by atoms with Gasteiger partial charge in [0.15, 0.2) is 0 Å². The van der Waals surface area contributed by atoms with Crippen LogP contribution in [0.4, 0.5) is 0 Å². The summed E-state index contributed by atoms with van der Waals surface area (Å²) in [5.74, 6) is 0.943. The molecule has 0 atom stereocenters. The van der Waals surface area contributed by atoms with Crippen LogP contribution in [0.15, 0.2) is 11.4 Å². The van der Waals surface area contributed by atoms with Crippen LogP contribution in [0, 0.1) is 0 Å². The second-order valence-corrected chi connectivity index (χ2v) is 4.97.